The number of carbonyl (C=O) groups excluding carboxylic acids is 1. The quantitative estimate of drug-likeness (QED) is 0.661. The summed E-state index contributed by atoms with van der Waals surface area (Å²) in [6.45, 7) is 5.91. The molecule has 1 atom stereocenters. The zero-order valence-corrected chi connectivity index (χ0v) is 8.79. The van der Waals surface area contributed by atoms with Crippen LogP contribution in [0.5, 0.6) is 0 Å². The summed E-state index contributed by atoms with van der Waals surface area (Å²) in [5, 5.41) is 0. The average molecular weight is 189 g/mol. The summed E-state index contributed by atoms with van der Waals surface area (Å²) in [7, 11) is 1.57. The van der Waals surface area contributed by atoms with Gasteiger partial charge in [0, 0.05) is 13.7 Å². The first kappa shape index (κ1) is 12.4. The summed E-state index contributed by atoms with van der Waals surface area (Å²) in [6, 6.07) is -0.584. The third-order valence-electron chi connectivity index (χ3n) is 1.34. The number of carbonyl (C=O) groups is 1. The molecule has 2 N–H and O–H groups in total. The van der Waals surface area contributed by atoms with Crippen molar-refractivity contribution in [3.8, 4) is 0 Å². The Morgan fingerprint density at radius 2 is 2.00 bits per heavy atom. The third-order valence-corrected chi connectivity index (χ3v) is 1.34. The zero-order valence-electron chi connectivity index (χ0n) is 8.79. The van der Waals surface area contributed by atoms with Crippen LogP contribution in [0.2, 0.25) is 0 Å². The minimum absolute atomic E-state index is 0.371. The number of hydrogen-bond acceptors (Lipinski definition) is 4. The highest BCUT2D eigenvalue weighted by Crippen LogP contribution is 2.08. The molecule has 78 valence electrons. The Bertz CT molecular complexity index is 163. The fraction of sp³-hybridized carbons (Fsp3) is 0.889. The van der Waals surface area contributed by atoms with Gasteiger partial charge in [-0.05, 0) is 27.2 Å². The molecule has 0 saturated heterocycles. The van der Waals surface area contributed by atoms with Gasteiger partial charge in [-0.3, -0.25) is 4.79 Å². The topological polar surface area (TPSA) is 61.5 Å². The number of ether oxygens (including phenoxy) is 2. The molecule has 0 aliphatic rings. The Morgan fingerprint density at radius 1 is 1.46 bits per heavy atom. The lowest BCUT2D eigenvalue weighted by atomic mass is 10.2. The van der Waals surface area contributed by atoms with Gasteiger partial charge in [0.2, 0.25) is 0 Å². The molecular weight excluding hydrogens is 170 g/mol. The number of esters is 1. The van der Waals surface area contributed by atoms with Crippen molar-refractivity contribution in [2.45, 2.75) is 38.8 Å². The van der Waals surface area contributed by atoms with Crippen LogP contribution < -0.4 is 5.73 Å². The maximum absolute atomic E-state index is 11.3. The van der Waals surface area contributed by atoms with Gasteiger partial charge in [-0.2, -0.15) is 0 Å². The van der Waals surface area contributed by atoms with Gasteiger partial charge in [-0.15, -0.1) is 0 Å². The van der Waals surface area contributed by atoms with Crippen LogP contribution >= 0.6 is 0 Å². The molecule has 0 unspecified atom stereocenters. The largest absolute Gasteiger partial charge is 0.459 e. The molecule has 0 spiro atoms. The van der Waals surface area contributed by atoms with E-state index in [1.807, 2.05) is 20.8 Å². The molecular formula is C9H19NO3. The molecule has 0 aliphatic carbocycles. The summed E-state index contributed by atoms with van der Waals surface area (Å²) in [5.74, 6) is -0.371. The maximum atomic E-state index is 11.3. The van der Waals surface area contributed by atoms with Crippen molar-refractivity contribution in [3.63, 3.8) is 0 Å². The van der Waals surface area contributed by atoms with E-state index in [2.05, 4.69) is 0 Å². The molecule has 0 aromatic heterocycles. The van der Waals surface area contributed by atoms with E-state index in [-0.39, 0.29) is 5.97 Å². The van der Waals surface area contributed by atoms with Gasteiger partial charge in [0.15, 0.2) is 0 Å². The molecule has 0 fully saturated rings. The zero-order chi connectivity index (χ0) is 10.5. The van der Waals surface area contributed by atoms with Crippen LogP contribution in [0.1, 0.15) is 27.2 Å². The minimum Gasteiger partial charge on any atom is -0.459 e. The number of methoxy groups -OCH3 is 1. The van der Waals surface area contributed by atoms with E-state index < -0.39 is 11.6 Å². The Labute approximate surface area is 79.4 Å². The van der Waals surface area contributed by atoms with E-state index >= 15 is 0 Å². The van der Waals surface area contributed by atoms with E-state index in [4.69, 9.17) is 15.2 Å². The fourth-order valence-electron chi connectivity index (χ4n) is 0.740. The van der Waals surface area contributed by atoms with Crippen molar-refractivity contribution in [1.29, 1.82) is 0 Å². The van der Waals surface area contributed by atoms with Gasteiger partial charge in [-0.25, -0.2) is 0 Å². The molecule has 0 aromatic rings. The molecule has 0 amide bonds. The third kappa shape index (κ3) is 6.54. The van der Waals surface area contributed by atoms with Crippen molar-refractivity contribution < 1.29 is 14.3 Å². The smallest absolute Gasteiger partial charge is 0.323 e. The monoisotopic (exact) mass is 189 g/mol. The highest BCUT2D eigenvalue weighted by atomic mass is 16.6. The Balaban J connectivity index is 3.83. The number of rotatable bonds is 4. The van der Waals surface area contributed by atoms with Crippen LogP contribution in [-0.2, 0) is 14.3 Å². The Hall–Kier alpha value is -0.610. The fourth-order valence-corrected chi connectivity index (χ4v) is 0.740. The highest BCUT2D eigenvalue weighted by molar-refractivity contribution is 5.75. The summed E-state index contributed by atoms with van der Waals surface area (Å²) in [4.78, 5) is 11.3. The molecule has 13 heavy (non-hydrogen) atoms. The molecule has 0 rings (SSSR count). The van der Waals surface area contributed by atoms with Crippen LogP contribution in [-0.4, -0.2) is 31.3 Å². The van der Waals surface area contributed by atoms with Crippen molar-refractivity contribution >= 4 is 5.97 Å². The van der Waals surface area contributed by atoms with Crippen LogP contribution in [0, 0.1) is 0 Å². The lowest BCUT2D eigenvalue weighted by molar-refractivity contribution is -0.156. The van der Waals surface area contributed by atoms with Crippen LogP contribution in [0.25, 0.3) is 0 Å². The van der Waals surface area contributed by atoms with E-state index in [1.165, 1.54) is 0 Å². The van der Waals surface area contributed by atoms with Crippen molar-refractivity contribution in [3.05, 3.63) is 0 Å². The van der Waals surface area contributed by atoms with E-state index in [0.29, 0.717) is 13.0 Å². The second kappa shape index (κ2) is 5.19. The average Bonchev–Trinajstić information content (AvgIpc) is 1.96. The molecule has 0 radical (unpaired) electrons. The molecule has 0 saturated carbocycles. The van der Waals surface area contributed by atoms with Crippen LogP contribution in [0.3, 0.4) is 0 Å². The molecule has 4 heteroatoms. The van der Waals surface area contributed by atoms with Gasteiger partial charge in [-0.1, -0.05) is 0 Å². The first-order chi connectivity index (χ1) is 5.87. The summed E-state index contributed by atoms with van der Waals surface area (Å²) in [5.41, 5.74) is 5.09. The Morgan fingerprint density at radius 3 is 2.38 bits per heavy atom. The lowest BCUT2D eigenvalue weighted by Gasteiger charge is -2.21. The molecule has 0 aliphatic heterocycles. The van der Waals surface area contributed by atoms with Gasteiger partial charge >= 0.3 is 5.97 Å². The summed E-state index contributed by atoms with van der Waals surface area (Å²) < 4.78 is 9.88. The number of hydrogen-bond donors (Lipinski definition) is 1. The van der Waals surface area contributed by atoms with Crippen LogP contribution in [0.15, 0.2) is 0 Å². The van der Waals surface area contributed by atoms with Crippen molar-refractivity contribution in [2.24, 2.45) is 5.73 Å². The SMILES string of the molecule is COCC[C@H](N)C(=O)OC(C)(C)C. The second-order valence-electron chi connectivity index (χ2n) is 3.92. The Kier molecular flexibility index (Phi) is 4.95. The summed E-state index contributed by atoms with van der Waals surface area (Å²) in [6.07, 6.45) is 0.491. The number of nitrogens with two attached hydrogens (primary N) is 1. The predicted molar refractivity (Wildman–Crippen MR) is 50.3 cm³/mol. The van der Waals surface area contributed by atoms with E-state index in [1.54, 1.807) is 7.11 Å². The minimum atomic E-state index is -0.584. The second-order valence-corrected chi connectivity index (χ2v) is 3.92. The first-order valence-corrected chi connectivity index (χ1v) is 4.34. The van der Waals surface area contributed by atoms with E-state index in [0.717, 1.165) is 0 Å². The standard InChI is InChI=1S/C9H19NO3/c1-9(2,3)13-8(11)7(10)5-6-12-4/h7H,5-6,10H2,1-4H3/t7-/m0/s1. The maximum Gasteiger partial charge on any atom is 0.323 e. The van der Waals surface area contributed by atoms with Gasteiger partial charge in [0.05, 0.1) is 0 Å². The van der Waals surface area contributed by atoms with E-state index in [9.17, 15) is 4.79 Å². The molecule has 0 aromatic carbocycles. The normalized spacial score (nSPS) is 13.9. The molecule has 4 nitrogen and oxygen atoms in total. The van der Waals surface area contributed by atoms with Crippen molar-refractivity contribution in [1.82, 2.24) is 0 Å². The van der Waals surface area contributed by atoms with Gasteiger partial charge < -0.3 is 15.2 Å². The van der Waals surface area contributed by atoms with Gasteiger partial charge in [0.25, 0.3) is 0 Å². The van der Waals surface area contributed by atoms with Crippen molar-refractivity contribution in [2.75, 3.05) is 13.7 Å². The molecule has 0 heterocycles. The predicted octanol–water partition coefficient (Wildman–Crippen LogP) is 0.692. The highest BCUT2D eigenvalue weighted by Gasteiger charge is 2.21. The lowest BCUT2D eigenvalue weighted by Crippen LogP contribution is -2.38. The van der Waals surface area contributed by atoms with Crippen LogP contribution in [0.4, 0.5) is 0 Å². The summed E-state index contributed by atoms with van der Waals surface area (Å²) >= 11 is 0. The molecule has 0 bridgehead atoms. The first-order valence-electron chi connectivity index (χ1n) is 4.34. The van der Waals surface area contributed by atoms with Gasteiger partial charge in [0.1, 0.15) is 11.6 Å².